The zero-order valence-corrected chi connectivity index (χ0v) is 19.2. The van der Waals surface area contributed by atoms with Gasteiger partial charge >= 0.3 is 5.97 Å². The number of carbonyl (C=O) groups is 1. The number of methoxy groups -OCH3 is 4. The molecule has 2 aliphatic rings. The summed E-state index contributed by atoms with van der Waals surface area (Å²) >= 11 is 0. The van der Waals surface area contributed by atoms with Gasteiger partial charge in [-0.2, -0.15) is 0 Å². The first-order valence-electron chi connectivity index (χ1n) is 10.7. The maximum absolute atomic E-state index is 11.9. The number of esters is 1. The molecule has 0 radical (unpaired) electrons. The summed E-state index contributed by atoms with van der Waals surface area (Å²) in [6.07, 6.45) is -0.0737. The van der Waals surface area contributed by atoms with Crippen LogP contribution in [0.5, 0.6) is 0 Å². The van der Waals surface area contributed by atoms with Gasteiger partial charge < -0.3 is 38.3 Å². The molecule has 0 bridgehead atoms. The highest BCUT2D eigenvalue weighted by Crippen LogP contribution is 2.34. The Kier molecular flexibility index (Phi) is 10.8. The molecule has 0 aliphatic carbocycles. The van der Waals surface area contributed by atoms with Gasteiger partial charge in [0.1, 0.15) is 18.3 Å². The summed E-state index contributed by atoms with van der Waals surface area (Å²) in [6, 6.07) is 0. The van der Waals surface area contributed by atoms with E-state index in [-0.39, 0.29) is 42.7 Å². The number of rotatable bonds is 11. The molecule has 2 heterocycles. The summed E-state index contributed by atoms with van der Waals surface area (Å²) in [5.74, 6) is -0.455. The van der Waals surface area contributed by atoms with Gasteiger partial charge in [0, 0.05) is 33.7 Å². The van der Waals surface area contributed by atoms with E-state index in [0.29, 0.717) is 25.9 Å². The number of carbonyl (C=O) groups excluding carboxylic acids is 1. The fourth-order valence-electron chi connectivity index (χ4n) is 4.31. The monoisotopic (exact) mass is 446 g/mol. The van der Waals surface area contributed by atoms with Gasteiger partial charge in [0.2, 0.25) is 0 Å². The van der Waals surface area contributed by atoms with E-state index in [1.807, 2.05) is 6.92 Å². The maximum atomic E-state index is 11.9. The van der Waals surface area contributed by atoms with Crippen LogP contribution in [0.2, 0.25) is 0 Å². The van der Waals surface area contributed by atoms with E-state index in [9.17, 15) is 9.90 Å². The van der Waals surface area contributed by atoms with Crippen LogP contribution in [-0.4, -0.2) is 95.1 Å². The first kappa shape index (κ1) is 26.2. The van der Waals surface area contributed by atoms with E-state index >= 15 is 0 Å². The molecule has 2 rings (SSSR count). The zero-order valence-electron chi connectivity index (χ0n) is 19.2. The number of aliphatic hydroxyl groups excluding tert-OH is 1. The molecule has 0 amide bonds. The van der Waals surface area contributed by atoms with Crippen LogP contribution >= 0.6 is 0 Å². The van der Waals surface area contributed by atoms with E-state index in [1.54, 1.807) is 27.4 Å². The minimum absolute atomic E-state index is 0.103. The summed E-state index contributed by atoms with van der Waals surface area (Å²) < 4.78 is 39.9. The molecule has 9 atom stereocenters. The Balaban J connectivity index is 2.14. The number of ether oxygens (including phenoxy) is 7. The van der Waals surface area contributed by atoms with E-state index in [0.717, 1.165) is 0 Å². The summed E-state index contributed by atoms with van der Waals surface area (Å²) in [5, 5.41) is 10.2. The van der Waals surface area contributed by atoms with E-state index in [2.05, 4.69) is 6.58 Å². The van der Waals surface area contributed by atoms with Gasteiger partial charge in [-0.15, -0.1) is 6.58 Å². The van der Waals surface area contributed by atoms with Crippen LogP contribution in [0.15, 0.2) is 12.7 Å². The minimum atomic E-state index is -0.663. The van der Waals surface area contributed by atoms with Crippen molar-refractivity contribution in [2.24, 2.45) is 5.92 Å². The van der Waals surface area contributed by atoms with Gasteiger partial charge in [-0.05, 0) is 12.8 Å². The lowest BCUT2D eigenvalue weighted by Gasteiger charge is -2.45. The molecule has 180 valence electrons. The van der Waals surface area contributed by atoms with E-state index < -0.39 is 24.6 Å². The molecule has 2 aliphatic heterocycles. The van der Waals surface area contributed by atoms with Gasteiger partial charge in [-0.1, -0.05) is 13.0 Å². The molecule has 31 heavy (non-hydrogen) atoms. The number of aliphatic hydroxyl groups is 1. The van der Waals surface area contributed by atoms with Crippen LogP contribution in [0, 0.1) is 5.92 Å². The van der Waals surface area contributed by atoms with Gasteiger partial charge in [-0.3, -0.25) is 4.79 Å². The SMILES string of the molecule is C=CC[C@H](O)C[C@@H]1C[C@H](O[C@@H]2OC[C@@H](OC)[C@H](OC)[C@H]2OC)[C@@H](C)[C@H](CC(=O)OC)O1. The molecule has 1 N–H and O–H groups in total. The molecule has 0 spiro atoms. The second-order valence-corrected chi connectivity index (χ2v) is 8.14. The van der Waals surface area contributed by atoms with Crippen LogP contribution in [-0.2, 0) is 38.0 Å². The number of hydrogen-bond acceptors (Lipinski definition) is 9. The van der Waals surface area contributed by atoms with Crippen LogP contribution in [0.1, 0.15) is 32.6 Å². The molecule has 2 fully saturated rings. The molecular formula is C22H38O9. The van der Waals surface area contributed by atoms with Gasteiger partial charge in [0.25, 0.3) is 0 Å². The third kappa shape index (κ3) is 6.95. The van der Waals surface area contributed by atoms with E-state index in [4.69, 9.17) is 33.2 Å². The van der Waals surface area contributed by atoms with Crippen molar-refractivity contribution < 1.29 is 43.1 Å². The van der Waals surface area contributed by atoms with Crippen LogP contribution in [0.25, 0.3) is 0 Å². The largest absolute Gasteiger partial charge is 0.469 e. The third-order valence-corrected chi connectivity index (χ3v) is 6.14. The molecule has 2 saturated heterocycles. The first-order valence-corrected chi connectivity index (χ1v) is 10.7. The van der Waals surface area contributed by atoms with Crippen molar-refractivity contribution in [2.75, 3.05) is 35.0 Å². The molecular weight excluding hydrogens is 408 g/mol. The predicted octanol–water partition coefficient (Wildman–Crippen LogP) is 1.46. The van der Waals surface area contributed by atoms with Crippen molar-refractivity contribution in [3.63, 3.8) is 0 Å². The smallest absolute Gasteiger partial charge is 0.308 e. The lowest BCUT2D eigenvalue weighted by atomic mass is 9.86. The van der Waals surface area contributed by atoms with Crippen molar-refractivity contribution in [1.82, 2.24) is 0 Å². The highest BCUT2D eigenvalue weighted by Gasteiger charge is 2.46. The van der Waals surface area contributed by atoms with E-state index in [1.165, 1.54) is 7.11 Å². The highest BCUT2D eigenvalue weighted by atomic mass is 16.7. The van der Waals surface area contributed by atoms with Crippen molar-refractivity contribution in [3.05, 3.63) is 12.7 Å². The molecule has 9 nitrogen and oxygen atoms in total. The van der Waals surface area contributed by atoms with Gasteiger partial charge in [0.05, 0.1) is 44.6 Å². The average Bonchev–Trinajstić information content (AvgIpc) is 2.76. The molecule has 0 aromatic rings. The van der Waals surface area contributed by atoms with Gasteiger partial charge in [-0.25, -0.2) is 0 Å². The molecule has 0 saturated carbocycles. The topological polar surface area (TPSA) is 102 Å². The second-order valence-electron chi connectivity index (χ2n) is 8.14. The Hall–Kier alpha value is -1.07. The number of hydrogen-bond donors (Lipinski definition) is 1. The van der Waals surface area contributed by atoms with Crippen molar-refractivity contribution in [1.29, 1.82) is 0 Å². The summed E-state index contributed by atoms with van der Waals surface area (Å²) in [5.41, 5.74) is 0. The summed E-state index contributed by atoms with van der Waals surface area (Å²) in [4.78, 5) is 11.9. The lowest BCUT2D eigenvalue weighted by Crippen LogP contribution is -2.58. The quantitative estimate of drug-likeness (QED) is 0.373. The Morgan fingerprint density at radius 3 is 2.45 bits per heavy atom. The molecule has 0 aromatic carbocycles. The minimum Gasteiger partial charge on any atom is -0.469 e. The van der Waals surface area contributed by atoms with Crippen LogP contribution < -0.4 is 0 Å². The standard InChI is InChI=1S/C22H38O9/c1-7-8-14(23)9-15-10-16(13(2)17(30-15)11-19(24)26-4)31-22-21(28-6)20(27-5)18(25-3)12-29-22/h7,13-18,20-23H,1,8-12H2,2-6H3/t13-,14+,15-,16+,17+,18-,20+,21-,22+/m1/s1. The maximum Gasteiger partial charge on any atom is 0.308 e. The van der Waals surface area contributed by atoms with Crippen molar-refractivity contribution >= 4 is 5.97 Å². The Labute approximate surface area is 184 Å². The molecule has 0 aromatic heterocycles. The van der Waals surface area contributed by atoms with Crippen LogP contribution in [0.4, 0.5) is 0 Å². The first-order chi connectivity index (χ1) is 14.9. The summed E-state index contributed by atoms with van der Waals surface area (Å²) in [7, 11) is 6.14. The lowest BCUT2D eigenvalue weighted by molar-refractivity contribution is -0.308. The Bertz CT molecular complexity index is 557. The normalized spacial score (nSPS) is 37.2. The molecule has 0 unspecified atom stereocenters. The fraction of sp³-hybridized carbons (Fsp3) is 0.864. The zero-order chi connectivity index (χ0) is 23.0. The Morgan fingerprint density at radius 2 is 1.87 bits per heavy atom. The summed E-state index contributed by atoms with van der Waals surface area (Å²) in [6.45, 7) is 5.96. The third-order valence-electron chi connectivity index (χ3n) is 6.14. The van der Waals surface area contributed by atoms with Crippen LogP contribution in [0.3, 0.4) is 0 Å². The predicted molar refractivity (Wildman–Crippen MR) is 112 cm³/mol. The van der Waals surface area contributed by atoms with Crippen molar-refractivity contribution in [3.8, 4) is 0 Å². The average molecular weight is 447 g/mol. The second kappa shape index (κ2) is 12.8. The Morgan fingerprint density at radius 1 is 1.16 bits per heavy atom. The fourth-order valence-corrected chi connectivity index (χ4v) is 4.31. The molecule has 9 heteroatoms. The highest BCUT2D eigenvalue weighted by molar-refractivity contribution is 5.69. The van der Waals surface area contributed by atoms with Gasteiger partial charge in [0.15, 0.2) is 6.29 Å². The van der Waals surface area contributed by atoms with Crippen molar-refractivity contribution in [2.45, 2.75) is 81.6 Å².